The number of nitrogens with zero attached hydrogens (tertiary/aromatic N) is 3. The summed E-state index contributed by atoms with van der Waals surface area (Å²) in [5.41, 5.74) is 2.72. The van der Waals surface area contributed by atoms with Crippen LogP contribution < -0.4 is 4.74 Å². The lowest BCUT2D eigenvalue weighted by atomic mass is 10.1. The molecule has 1 N–H and O–H groups in total. The highest BCUT2D eigenvalue weighted by Crippen LogP contribution is 2.24. The highest BCUT2D eigenvalue weighted by atomic mass is 16.5. The minimum atomic E-state index is -0.974. The summed E-state index contributed by atoms with van der Waals surface area (Å²) in [4.78, 5) is 19.7. The molecule has 0 bridgehead atoms. The standard InChI is InChI=1S/C16H15N3O3/c1-10-18-15-13(4-3-7-17-15)19(10)9-12-6-5-11(16(20)21)8-14(12)22-2/h3-8H,9H2,1-2H3,(H,20,21). The van der Waals surface area contributed by atoms with Crippen LogP contribution in [0.15, 0.2) is 36.5 Å². The lowest BCUT2D eigenvalue weighted by molar-refractivity contribution is 0.0696. The highest BCUT2D eigenvalue weighted by molar-refractivity contribution is 5.88. The van der Waals surface area contributed by atoms with Gasteiger partial charge in [-0.25, -0.2) is 14.8 Å². The molecule has 0 spiro atoms. The lowest BCUT2D eigenvalue weighted by Crippen LogP contribution is -2.05. The molecule has 0 atom stereocenters. The summed E-state index contributed by atoms with van der Waals surface area (Å²) in [5.74, 6) is 0.418. The van der Waals surface area contributed by atoms with Crippen molar-refractivity contribution in [1.82, 2.24) is 14.5 Å². The number of aryl methyl sites for hydroxylation is 1. The van der Waals surface area contributed by atoms with Gasteiger partial charge in [-0.05, 0) is 31.2 Å². The molecule has 0 radical (unpaired) electrons. The number of carbonyl (C=O) groups is 1. The van der Waals surface area contributed by atoms with Gasteiger partial charge in [0, 0.05) is 11.8 Å². The third-order valence-electron chi connectivity index (χ3n) is 3.58. The summed E-state index contributed by atoms with van der Waals surface area (Å²) in [6, 6.07) is 8.70. The zero-order valence-electron chi connectivity index (χ0n) is 12.3. The monoisotopic (exact) mass is 297 g/mol. The largest absolute Gasteiger partial charge is 0.496 e. The van der Waals surface area contributed by atoms with E-state index < -0.39 is 5.97 Å². The van der Waals surface area contributed by atoms with Crippen LogP contribution in [0.3, 0.4) is 0 Å². The van der Waals surface area contributed by atoms with Crippen molar-refractivity contribution in [3.8, 4) is 5.75 Å². The van der Waals surface area contributed by atoms with Crippen LogP contribution in [0.25, 0.3) is 11.2 Å². The second-order valence-electron chi connectivity index (χ2n) is 4.92. The molecule has 0 aliphatic carbocycles. The molecule has 0 aliphatic heterocycles. The molecule has 0 fully saturated rings. The number of aromatic carboxylic acids is 1. The average Bonchev–Trinajstić information content (AvgIpc) is 2.83. The van der Waals surface area contributed by atoms with Gasteiger partial charge in [-0.15, -0.1) is 0 Å². The van der Waals surface area contributed by atoms with Gasteiger partial charge in [0.2, 0.25) is 0 Å². The third kappa shape index (κ3) is 2.39. The lowest BCUT2D eigenvalue weighted by Gasteiger charge is -2.12. The maximum Gasteiger partial charge on any atom is 0.335 e. The van der Waals surface area contributed by atoms with Crippen LogP contribution in [0.2, 0.25) is 0 Å². The maximum atomic E-state index is 11.0. The van der Waals surface area contributed by atoms with Crippen LogP contribution in [0.5, 0.6) is 5.75 Å². The Bertz CT molecular complexity index is 855. The molecular formula is C16H15N3O3. The quantitative estimate of drug-likeness (QED) is 0.800. The van der Waals surface area contributed by atoms with Crippen LogP contribution in [-0.2, 0) is 6.54 Å². The van der Waals surface area contributed by atoms with E-state index >= 15 is 0 Å². The first-order valence-electron chi connectivity index (χ1n) is 6.78. The molecule has 0 saturated heterocycles. The number of hydrogen-bond donors (Lipinski definition) is 1. The third-order valence-corrected chi connectivity index (χ3v) is 3.58. The zero-order valence-corrected chi connectivity index (χ0v) is 12.3. The van der Waals surface area contributed by atoms with Gasteiger partial charge in [0.15, 0.2) is 5.65 Å². The zero-order chi connectivity index (χ0) is 15.7. The molecule has 22 heavy (non-hydrogen) atoms. The Morgan fingerprint density at radius 3 is 2.91 bits per heavy atom. The van der Waals surface area contributed by atoms with Crippen molar-refractivity contribution in [3.63, 3.8) is 0 Å². The number of ether oxygens (including phenoxy) is 1. The van der Waals surface area contributed by atoms with E-state index in [0.29, 0.717) is 17.9 Å². The number of imidazole rings is 1. The van der Waals surface area contributed by atoms with E-state index in [4.69, 9.17) is 9.84 Å². The molecule has 3 rings (SSSR count). The molecule has 6 heteroatoms. The number of hydrogen-bond acceptors (Lipinski definition) is 4. The average molecular weight is 297 g/mol. The maximum absolute atomic E-state index is 11.0. The number of methoxy groups -OCH3 is 1. The van der Waals surface area contributed by atoms with Crippen molar-refractivity contribution < 1.29 is 14.6 Å². The van der Waals surface area contributed by atoms with Gasteiger partial charge >= 0.3 is 5.97 Å². The number of carboxylic acid groups (broad SMARTS) is 1. The normalized spacial score (nSPS) is 10.8. The summed E-state index contributed by atoms with van der Waals surface area (Å²) in [6.45, 7) is 2.46. The van der Waals surface area contributed by atoms with E-state index in [1.165, 1.54) is 13.2 Å². The predicted molar refractivity (Wildman–Crippen MR) is 81.3 cm³/mol. The molecule has 3 aromatic rings. The van der Waals surface area contributed by atoms with E-state index in [-0.39, 0.29) is 5.56 Å². The fourth-order valence-corrected chi connectivity index (χ4v) is 2.45. The van der Waals surface area contributed by atoms with E-state index in [0.717, 1.165) is 16.9 Å². The van der Waals surface area contributed by atoms with Gasteiger partial charge in [0.05, 0.1) is 24.7 Å². The van der Waals surface area contributed by atoms with Crippen LogP contribution in [-0.4, -0.2) is 32.7 Å². The Hall–Kier alpha value is -2.89. The fourth-order valence-electron chi connectivity index (χ4n) is 2.45. The smallest absolute Gasteiger partial charge is 0.335 e. The van der Waals surface area contributed by atoms with Gasteiger partial charge < -0.3 is 14.4 Å². The number of carboxylic acids is 1. The predicted octanol–water partition coefficient (Wildman–Crippen LogP) is 2.49. The molecule has 0 unspecified atom stereocenters. The van der Waals surface area contributed by atoms with Gasteiger partial charge in [-0.3, -0.25) is 0 Å². The van der Waals surface area contributed by atoms with Crippen molar-refractivity contribution in [2.75, 3.05) is 7.11 Å². The Morgan fingerprint density at radius 1 is 1.36 bits per heavy atom. The van der Waals surface area contributed by atoms with Gasteiger partial charge in [0.25, 0.3) is 0 Å². The Kier molecular flexibility index (Phi) is 3.50. The van der Waals surface area contributed by atoms with Crippen LogP contribution in [0.4, 0.5) is 0 Å². The van der Waals surface area contributed by atoms with Crippen LogP contribution in [0, 0.1) is 6.92 Å². The van der Waals surface area contributed by atoms with E-state index in [2.05, 4.69) is 9.97 Å². The Morgan fingerprint density at radius 2 is 2.18 bits per heavy atom. The van der Waals surface area contributed by atoms with E-state index in [9.17, 15) is 4.79 Å². The van der Waals surface area contributed by atoms with Crippen molar-refractivity contribution >= 4 is 17.1 Å². The highest BCUT2D eigenvalue weighted by Gasteiger charge is 2.13. The Labute approximate surface area is 127 Å². The van der Waals surface area contributed by atoms with Gasteiger partial charge in [-0.2, -0.15) is 0 Å². The number of rotatable bonds is 4. The summed E-state index contributed by atoms with van der Waals surface area (Å²) in [7, 11) is 1.53. The first kappa shape index (κ1) is 14.1. The van der Waals surface area contributed by atoms with Gasteiger partial charge in [-0.1, -0.05) is 6.07 Å². The number of pyridine rings is 1. The van der Waals surface area contributed by atoms with E-state index in [1.54, 1.807) is 18.3 Å². The van der Waals surface area contributed by atoms with Gasteiger partial charge in [0.1, 0.15) is 11.6 Å². The van der Waals surface area contributed by atoms with Crippen molar-refractivity contribution in [3.05, 3.63) is 53.5 Å². The molecule has 6 nitrogen and oxygen atoms in total. The summed E-state index contributed by atoms with van der Waals surface area (Å²) in [5, 5.41) is 9.06. The first-order chi connectivity index (χ1) is 10.6. The van der Waals surface area contributed by atoms with Crippen LogP contribution in [0.1, 0.15) is 21.7 Å². The molecule has 1 aromatic carbocycles. The fraction of sp³-hybridized carbons (Fsp3) is 0.188. The topological polar surface area (TPSA) is 77.2 Å². The number of fused-ring (bicyclic) bond motifs is 1. The minimum absolute atomic E-state index is 0.203. The van der Waals surface area contributed by atoms with E-state index in [1.807, 2.05) is 23.6 Å². The molecule has 2 heterocycles. The SMILES string of the molecule is COc1cc(C(=O)O)ccc1Cn1c(C)nc2ncccc21. The van der Waals surface area contributed by atoms with Crippen LogP contribution >= 0.6 is 0 Å². The Balaban J connectivity index is 2.05. The summed E-state index contributed by atoms with van der Waals surface area (Å²) >= 11 is 0. The molecule has 0 aliphatic rings. The second kappa shape index (κ2) is 5.48. The molecule has 112 valence electrons. The molecular weight excluding hydrogens is 282 g/mol. The molecule has 0 amide bonds. The first-order valence-corrected chi connectivity index (χ1v) is 6.78. The summed E-state index contributed by atoms with van der Waals surface area (Å²) < 4.78 is 7.35. The number of aromatic nitrogens is 3. The van der Waals surface area contributed by atoms with Crippen molar-refractivity contribution in [1.29, 1.82) is 0 Å². The van der Waals surface area contributed by atoms with Crippen molar-refractivity contribution in [2.24, 2.45) is 0 Å². The number of benzene rings is 1. The molecule has 2 aromatic heterocycles. The molecule has 0 saturated carbocycles. The minimum Gasteiger partial charge on any atom is -0.496 e. The summed E-state index contributed by atoms with van der Waals surface area (Å²) in [6.07, 6.45) is 1.71. The second-order valence-corrected chi connectivity index (χ2v) is 4.92. The van der Waals surface area contributed by atoms with Crippen molar-refractivity contribution in [2.45, 2.75) is 13.5 Å².